The third kappa shape index (κ3) is 1.35. The molecular weight excluding hydrogens is 236 g/mol. The molecule has 1 aromatic carbocycles. The third-order valence-electron chi connectivity index (χ3n) is 1.90. The van der Waals surface area contributed by atoms with E-state index in [1.165, 1.54) is 6.07 Å². The van der Waals surface area contributed by atoms with Crippen molar-refractivity contribution in [2.45, 2.75) is 6.54 Å². The van der Waals surface area contributed by atoms with E-state index in [0.717, 1.165) is 11.1 Å². The first-order chi connectivity index (χ1) is 6.18. The van der Waals surface area contributed by atoms with Crippen LogP contribution in [0.15, 0.2) is 21.6 Å². The quantitative estimate of drug-likeness (QED) is 0.559. The summed E-state index contributed by atoms with van der Waals surface area (Å²) < 4.78 is 0.516. The summed E-state index contributed by atoms with van der Waals surface area (Å²) in [5, 5.41) is 10.6. The second kappa shape index (κ2) is 2.92. The molecule has 1 aliphatic rings. The topological polar surface area (TPSA) is 55.5 Å². The van der Waals surface area contributed by atoms with Gasteiger partial charge in [0.05, 0.1) is 15.9 Å². The Morgan fingerprint density at radius 1 is 1.54 bits per heavy atom. The van der Waals surface area contributed by atoms with Gasteiger partial charge in [-0.05, 0) is 27.6 Å². The van der Waals surface area contributed by atoms with Crippen molar-refractivity contribution in [1.29, 1.82) is 0 Å². The summed E-state index contributed by atoms with van der Waals surface area (Å²) in [5.74, 6) is 0. The molecule has 0 bridgehead atoms. The fourth-order valence-electron chi connectivity index (χ4n) is 1.26. The molecule has 5 heteroatoms. The molecule has 0 amide bonds. The van der Waals surface area contributed by atoms with Gasteiger partial charge in [0.15, 0.2) is 0 Å². The molecule has 0 radical (unpaired) electrons. The van der Waals surface area contributed by atoms with Crippen molar-refractivity contribution in [3.63, 3.8) is 0 Å². The number of nitro groups is 1. The van der Waals surface area contributed by atoms with Crippen LogP contribution < -0.4 is 0 Å². The van der Waals surface area contributed by atoms with Crippen LogP contribution in [0.3, 0.4) is 0 Å². The van der Waals surface area contributed by atoms with Crippen molar-refractivity contribution in [2.24, 2.45) is 4.99 Å². The van der Waals surface area contributed by atoms with Gasteiger partial charge in [-0.25, -0.2) is 0 Å². The first-order valence-electron chi connectivity index (χ1n) is 3.65. The average molecular weight is 241 g/mol. The van der Waals surface area contributed by atoms with Gasteiger partial charge in [-0.2, -0.15) is 0 Å². The first kappa shape index (κ1) is 8.37. The second-order valence-electron chi connectivity index (χ2n) is 2.73. The summed E-state index contributed by atoms with van der Waals surface area (Å²) in [5.41, 5.74) is 1.96. The molecule has 0 spiro atoms. The molecule has 1 aliphatic heterocycles. The predicted octanol–water partition coefficient (Wildman–Crippen LogP) is 2.29. The Labute approximate surface area is 82.6 Å². The third-order valence-corrected chi connectivity index (χ3v) is 2.53. The molecular formula is C8H5BrN2O2. The van der Waals surface area contributed by atoms with E-state index in [4.69, 9.17) is 0 Å². The normalized spacial score (nSPS) is 13.0. The molecule has 0 saturated carbocycles. The first-order valence-corrected chi connectivity index (χ1v) is 4.44. The maximum atomic E-state index is 10.6. The number of fused-ring (bicyclic) bond motifs is 1. The standard InChI is InChI=1S/C8H5BrN2O2/c9-7-1-5-3-10-4-6(5)2-8(7)11(12)13/h1-2,4H,3H2. The van der Waals surface area contributed by atoms with Gasteiger partial charge in [-0.1, -0.05) is 0 Å². The molecule has 66 valence electrons. The summed E-state index contributed by atoms with van der Waals surface area (Å²) in [4.78, 5) is 14.2. The highest BCUT2D eigenvalue weighted by molar-refractivity contribution is 9.10. The Bertz CT molecular complexity index is 415. The molecule has 0 aliphatic carbocycles. The van der Waals surface area contributed by atoms with E-state index in [1.54, 1.807) is 12.3 Å². The summed E-state index contributed by atoms with van der Waals surface area (Å²) in [6.07, 6.45) is 1.66. The van der Waals surface area contributed by atoms with E-state index < -0.39 is 4.92 Å². The number of nitrogens with zero attached hydrogens (tertiary/aromatic N) is 2. The van der Waals surface area contributed by atoms with Gasteiger partial charge in [0.2, 0.25) is 0 Å². The van der Waals surface area contributed by atoms with Crippen LogP contribution in [-0.2, 0) is 6.54 Å². The molecule has 1 aromatic rings. The maximum absolute atomic E-state index is 10.6. The summed E-state index contributed by atoms with van der Waals surface area (Å²) >= 11 is 3.15. The van der Waals surface area contributed by atoms with Crippen molar-refractivity contribution >= 4 is 27.8 Å². The fourth-order valence-corrected chi connectivity index (χ4v) is 1.79. The van der Waals surface area contributed by atoms with Crippen LogP contribution in [0.2, 0.25) is 0 Å². The molecule has 2 rings (SSSR count). The summed E-state index contributed by atoms with van der Waals surface area (Å²) in [7, 11) is 0. The summed E-state index contributed by atoms with van der Waals surface area (Å²) in [6, 6.07) is 3.29. The number of aliphatic imine (C=N–C) groups is 1. The minimum Gasteiger partial charge on any atom is -0.288 e. The lowest BCUT2D eigenvalue weighted by atomic mass is 10.1. The molecule has 0 fully saturated rings. The van der Waals surface area contributed by atoms with Crippen molar-refractivity contribution < 1.29 is 4.92 Å². The number of halogens is 1. The van der Waals surface area contributed by atoms with Crippen molar-refractivity contribution in [3.05, 3.63) is 37.8 Å². The van der Waals surface area contributed by atoms with E-state index in [2.05, 4.69) is 20.9 Å². The van der Waals surface area contributed by atoms with Crippen LogP contribution in [-0.4, -0.2) is 11.1 Å². The molecule has 0 atom stereocenters. The minimum atomic E-state index is -0.406. The van der Waals surface area contributed by atoms with Crippen molar-refractivity contribution in [3.8, 4) is 0 Å². The summed E-state index contributed by atoms with van der Waals surface area (Å²) in [6.45, 7) is 0.617. The lowest BCUT2D eigenvalue weighted by Gasteiger charge is -1.99. The SMILES string of the molecule is O=[N+]([O-])c1cc2c(cc1Br)CN=C2. The van der Waals surface area contributed by atoms with Crippen LogP contribution in [0.4, 0.5) is 5.69 Å². The van der Waals surface area contributed by atoms with Gasteiger partial charge in [-0.15, -0.1) is 0 Å². The highest BCUT2D eigenvalue weighted by Gasteiger charge is 2.17. The zero-order chi connectivity index (χ0) is 9.42. The lowest BCUT2D eigenvalue weighted by molar-refractivity contribution is -0.385. The van der Waals surface area contributed by atoms with Crippen LogP contribution >= 0.6 is 15.9 Å². The molecule has 0 unspecified atom stereocenters. The van der Waals surface area contributed by atoms with E-state index in [-0.39, 0.29) is 5.69 Å². The highest BCUT2D eigenvalue weighted by Crippen LogP contribution is 2.29. The minimum absolute atomic E-state index is 0.0899. The molecule has 13 heavy (non-hydrogen) atoms. The van der Waals surface area contributed by atoms with E-state index in [0.29, 0.717) is 11.0 Å². The predicted molar refractivity (Wildman–Crippen MR) is 52.1 cm³/mol. The number of benzene rings is 1. The number of hydrogen-bond acceptors (Lipinski definition) is 3. The molecule has 0 saturated heterocycles. The monoisotopic (exact) mass is 240 g/mol. The van der Waals surface area contributed by atoms with Gasteiger partial charge >= 0.3 is 0 Å². The largest absolute Gasteiger partial charge is 0.288 e. The Balaban J connectivity index is 2.60. The van der Waals surface area contributed by atoms with Gasteiger partial charge < -0.3 is 0 Å². The van der Waals surface area contributed by atoms with Crippen LogP contribution in [0.25, 0.3) is 0 Å². The van der Waals surface area contributed by atoms with E-state index in [9.17, 15) is 10.1 Å². The fraction of sp³-hybridized carbons (Fsp3) is 0.125. The number of rotatable bonds is 1. The average Bonchev–Trinajstić information content (AvgIpc) is 2.48. The Morgan fingerprint density at radius 3 is 3.00 bits per heavy atom. The number of nitro benzene ring substituents is 1. The highest BCUT2D eigenvalue weighted by atomic mass is 79.9. The Morgan fingerprint density at radius 2 is 2.31 bits per heavy atom. The lowest BCUT2D eigenvalue weighted by Crippen LogP contribution is -1.93. The smallest absolute Gasteiger partial charge is 0.284 e. The van der Waals surface area contributed by atoms with Gasteiger partial charge in [0, 0.05) is 17.8 Å². The molecule has 1 heterocycles. The van der Waals surface area contributed by atoms with Crippen molar-refractivity contribution in [1.82, 2.24) is 0 Å². The zero-order valence-corrected chi connectivity index (χ0v) is 8.11. The molecule has 0 N–H and O–H groups in total. The van der Waals surface area contributed by atoms with Crippen LogP contribution in [0.5, 0.6) is 0 Å². The van der Waals surface area contributed by atoms with Gasteiger partial charge in [-0.3, -0.25) is 15.1 Å². The Hall–Kier alpha value is -1.23. The molecule has 4 nitrogen and oxygen atoms in total. The second-order valence-corrected chi connectivity index (χ2v) is 3.58. The maximum Gasteiger partial charge on any atom is 0.284 e. The Kier molecular flexibility index (Phi) is 1.88. The number of hydrogen-bond donors (Lipinski definition) is 0. The van der Waals surface area contributed by atoms with Crippen molar-refractivity contribution in [2.75, 3.05) is 0 Å². The van der Waals surface area contributed by atoms with E-state index >= 15 is 0 Å². The van der Waals surface area contributed by atoms with Crippen LogP contribution in [0, 0.1) is 10.1 Å². The zero-order valence-electron chi connectivity index (χ0n) is 6.53. The van der Waals surface area contributed by atoms with Gasteiger partial charge in [0.1, 0.15) is 0 Å². The van der Waals surface area contributed by atoms with Crippen LogP contribution in [0.1, 0.15) is 11.1 Å². The van der Waals surface area contributed by atoms with Gasteiger partial charge in [0.25, 0.3) is 5.69 Å². The van der Waals surface area contributed by atoms with E-state index in [1.807, 2.05) is 0 Å². The molecule has 0 aromatic heterocycles.